The SMILES string of the molecule is COc1ccc([C@H](CCO)c2ccccc2)c(OC)c1. The van der Waals surface area contributed by atoms with Crippen molar-refractivity contribution in [3.8, 4) is 11.5 Å². The maximum Gasteiger partial charge on any atom is 0.126 e. The van der Waals surface area contributed by atoms with Gasteiger partial charge in [-0.05, 0) is 18.1 Å². The highest BCUT2D eigenvalue weighted by molar-refractivity contribution is 5.46. The van der Waals surface area contributed by atoms with Gasteiger partial charge in [0.2, 0.25) is 0 Å². The van der Waals surface area contributed by atoms with E-state index in [0.29, 0.717) is 6.42 Å². The van der Waals surface area contributed by atoms with Crippen molar-refractivity contribution in [2.24, 2.45) is 0 Å². The van der Waals surface area contributed by atoms with Crippen LogP contribution in [0.5, 0.6) is 11.5 Å². The molecule has 0 saturated carbocycles. The van der Waals surface area contributed by atoms with Crippen LogP contribution in [0, 0.1) is 0 Å². The zero-order valence-corrected chi connectivity index (χ0v) is 11.9. The molecule has 0 bridgehead atoms. The van der Waals surface area contributed by atoms with E-state index in [4.69, 9.17) is 9.47 Å². The Balaban J connectivity index is 2.44. The van der Waals surface area contributed by atoms with Crippen LogP contribution in [0.1, 0.15) is 23.5 Å². The summed E-state index contributed by atoms with van der Waals surface area (Å²) < 4.78 is 10.7. The molecule has 0 unspecified atom stereocenters. The third-order valence-corrected chi connectivity index (χ3v) is 3.44. The molecule has 2 rings (SSSR count). The molecule has 3 heteroatoms. The van der Waals surface area contributed by atoms with Gasteiger partial charge in [-0.1, -0.05) is 36.4 Å². The molecule has 0 fully saturated rings. The molecule has 106 valence electrons. The molecule has 1 atom stereocenters. The van der Waals surface area contributed by atoms with E-state index in [1.54, 1.807) is 14.2 Å². The summed E-state index contributed by atoms with van der Waals surface area (Å²) in [6, 6.07) is 16.0. The number of benzene rings is 2. The largest absolute Gasteiger partial charge is 0.497 e. The lowest BCUT2D eigenvalue weighted by molar-refractivity contribution is 0.280. The minimum absolute atomic E-state index is 0.113. The van der Waals surface area contributed by atoms with Crippen LogP contribution in [0.4, 0.5) is 0 Å². The van der Waals surface area contributed by atoms with Gasteiger partial charge in [0.25, 0.3) is 0 Å². The van der Waals surface area contributed by atoms with Gasteiger partial charge in [-0.2, -0.15) is 0 Å². The van der Waals surface area contributed by atoms with Gasteiger partial charge in [0.1, 0.15) is 11.5 Å². The zero-order valence-electron chi connectivity index (χ0n) is 11.9. The highest BCUT2D eigenvalue weighted by Crippen LogP contribution is 2.36. The predicted molar refractivity (Wildman–Crippen MR) is 79.5 cm³/mol. The Labute approximate surface area is 119 Å². The molecule has 0 aliphatic rings. The summed E-state index contributed by atoms with van der Waals surface area (Å²) in [6.07, 6.45) is 0.659. The second-order valence-corrected chi connectivity index (χ2v) is 4.58. The molecule has 0 aliphatic heterocycles. The Hall–Kier alpha value is -2.00. The molecule has 2 aromatic carbocycles. The second kappa shape index (κ2) is 6.96. The van der Waals surface area contributed by atoms with Crippen molar-refractivity contribution in [3.63, 3.8) is 0 Å². The topological polar surface area (TPSA) is 38.7 Å². The van der Waals surface area contributed by atoms with E-state index >= 15 is 0 Å². The molecule has 0 saturated heterocycles. The lowest BCUT2D eigenvalue weighted by atomic mass is 9.88. The molecule has 2 aromatic rings. The van der Waals surface area contributed by atoms with Crippen molar-refractivity contribution in [3.05, 3.63) is 59.7 Å². The number of hydrogen-bond donors (Lipinski definition) is 1. The van der Waals surface area contributed by atoms with Gasteiger partial charge < -0.3 is 14.6 Å². The number of methoxy groups -OCH3 is 2. The molecule has 20 heavy (non-hydrogen) atoms. The lowest BCUT2D eigenvalue weighted by Crippen LogP contribution is -2.06. The Morgan fingerprint density at radius 3 is 2.35 bits per heavy atom. The first kappa shape index (κ1) is 14.4. The minimum atomic E-state index is 0.113. The van der Waals surface area contributed by atoms with Gasteiger partial charge in [-0.3, -0.25) is 0 Å². The Morgan fingerprint density at radius 2 is 1.75 bits per heavy atom. The lowest BCUT2D eigenvalue weighted by Gasteiger charge is -2.20. The van der Waals surface area contributed by atoms with Crippen LogP contribution in [-0.2, 0) is 0 Å². The van der Waals surface area contributed by atoms with E-state index < -0.39 is 0 Å². The van der Waals surface area contributed by atoms with Crippen LogP contribution >= 0.6 is 0 Å². The summed E-state index contributed by atoms with van der Waals surface area (Å²) in [5.74, 6) is 1.66. The van der Waals surface area contributed by atoms with Gasteiger partial charge in [-0.25, -0.2) is 0 Å². The quantitative estimate of drug-likeness (QED) is 0.877. The van der Waals surface area contributed by atoms with E-state index in [1.807, 2.05) is 36.4 Å². The van der Waals surface area contributed by atoms with Crippen molar-refractivity contribution in [2.45, 2.75) is 12.3 Å². The van der Waals surface area contributed by atoms with Crippen molar-refractivity contribution in [1.82, 2.24) is 0 Å². The summed E-state index contributed by atoms with van der Waals surface area (Å²) in [4.78, 5) is 0. The summed E-state index contributed by atoms with van der Waals surface area (Å²) in [5, 5.41) is 9.36. The number of hydrogen-bond acceptors (Lipinski definition) is 3. The molecule has 0 heterocycles. The molecule has 0 amide bonds. The fourth-order valence-electron chi connectivity index (χ4n) is 2.42. The summed E-state index contributed by atoms with van der Waals surface area (Å²) in [5.41, 5.74) is 2.23. The molecule has 0 aliphatic carbocycles. The van der Waals surface area contributed by atoms with Crippen LogP contribution in [0.25, 0.3) is 0 Å². The first-order valence-corrected chi connectivity index (χ1v) is 6.68. The standard InChI is InChI=1S/C17H20O3/c1-19-14-8-9-16(17(12-14)20-2)15(10-11-18)13-6-4-3-5-7-13/h3-9,12,15,18H,10-11H2,1-2H3/t15-/m1/s1. The second-order valence-electron chi connectivity index (χ2n) is 4.58. The van der Waals surface area contributed by atoms with Crippen LogP contribution in [0.2, 0.25) is 0 Å². The average molecular weight is 272 g/mol. The van der Waals surface area contributed by atoms with E-state index in [-0.39, 0.29) is 12.5 Å². The molecule has 0 radical (unpaired) electrons. The Bertz CT molecular complexity index is 537. The third-order valence-electron chi connectivity index (χ3n) is 3.44. The van der Waals surface area contributed by atoms with Gasteiger partial charge >= 0.3 is 0 Å². The molecular weight excluding hydrogens is 252 g/mol. The van der Waals surface area contributed by atoms with E-state index in [9.17, 15) is 5.11 Å². The highest BCUT2D eigenvalue weighted by Gasteiger charge is 2.18. The maximum atomic E-state index is 9.36. The van der Waals surface area contributed by atoms with E-state index in [1.165, 1.54) is 5.56 Å². The Kier molecular flexibility index (Phi) is 5.02. The first-order valence-electron chi connectivity index (χ1n) is 6.68. The van der Waals surface area contributed by atoms with Gasteiger partial charge in [0, 0.05) is 24.2 Å². The molecule has 0 aromatic heterocycles. The van der Waals surface area contributed by atoms with Crippen LogP contribution in [-0.4, -0.2) is 25.9 Å². The van der Waals surface area contributed by atoms with Gasteiger partial charge in [0.15, 0.2) is 0 Å². The van der Waals surface area contributed by atoms with Crippen LogP contribution < -0.4 is 9.47 Å². The number of rotatable bonds is 6. The zero-order chi connectivity index (χ0) is 14.4. The Morgan fingerprint density at radius 1 is 1.00 bits per heavy atom. The molecule has 0 spiro atoms. The van der Waals surface area contributed by atoms with Crippen LogP contribution in [0.3, 0.4) is 0 Å². The predicted octanol–water partition coefficient (Wildman–Crippen LogP) is 3.22. The maximum absolute atomic E-state index is 9.36. The average Bonchev–Trinajstić information content (AvgIpc) is 2.53. The number of ether oxygens (including phenoxy) is 2. The fourth-order valence-corrected chi connectivity index (χ4v) is 2.42. The fraction of sp³-hybridized carbons (Fsp3) is 0.294. The van der Waals surface area contributed by atoms with Crippen molar-refractivity contribution < 1.29 is 14.6 Å². The number of aliphatic hydroxyl groups is 1. The number of aliphatic hydroxyl groups excluding tert-OH is 1. The minimum Gasteiger partial charge on any atom is -0.497 e. The first-order chi connectivity index (χ1) is 9.80. The summed E-state index contributed by atoms with van der Waals surface area (Å²) in [7, 11) is 3.29. The van der Waals surface area contributed by atoms with Gasteiger partial charge in [0.05, 0.1) is 14.2 Å². The summed E-state index contributed by atoms with van der Waals surface area (Å²) in [6.45, 7) is 0.134. The monoisotopic (exact) mass is 272 g/mol. The van der Waals surface area contributed by atoms with Crippen molar-refractivity contribution in [1.29, 1.82) is 0 Å². The molecular formula is C17H20O3. The van der Waals surface area contributed by atoms with E-state index in [2.05, 4.69) is 12.1 Å². The van der Waals surface area contributed by atoms with Gasteiger partial charge in [-0.15, -0.1) is 0 Å². The normalized spacial score (nSPS) is 11.9. The highest BCUT2D eigenvalue weighted by atomic mass is 16.5. The van der Waals surface area contributed by atoms with Crippen molar-refractivity contribution >= 4 is 0 Å². The molecule has 1 N–H and O–H groups in total. The van der Waals surface area contributed by atoms with Crippen molar-refractivity contribution in [2.75, 3.05) is 20.8 Å². The smallest absolute Gasteiger partial charge is 0.126 e. The molecule has 3 nitrogen and oxygen atoms in total. The third kappa shape index (κ3) is 3.11. The summed E-state index contributed by atoms with van der Waals surface area (Å²) >= 11 is 0. The van der Waals surface area contributed by atoms with Crippen LogP contribution in [0.15, 0.2) is 48.5 Å². The van der Waals surface area contributed by atoms with E-state index in [0.717, 1.165) is 17.1 Å².